The largest absolute Gasteiger partial charge is 0.497 e. The van der Waals surface area contributed by atoms with Crippen LogP contribution < -0.4 is 15.0 Å². The second-order valence-electron chi connectivity index (χ2n) is 7.07. The summed E-state index contributed by atoms with van der Waals surface area (Å²) in [4.78, 5) is 25.9. The second-order valence-corrected chi connectivity index (χ2v) is 9.35. The van der Waals surface area contributed by atoms with E-state index in [1.165, 1.54) is 11.3 Å². The molecule has 1 aromatic carbocycles. The summed E-state index contributed by atoms with van der Waals surface area (Å²) in [5, 5.41) is 3.31. The molecule has 7 nitrogen and oxygen atoms in total. The number of nitrogens with one attached hydrogen (secondary N) is 1. The van der Waals surface area contributed by atoms with E-state index in [2.05, 4.69) is 20.2 Å². The van der Waals surface area contributed by atoms with Crippen LogP contribution in [0.3, 0.4) is 0 Å². The number of thiophene rings is 1. The van der Waals surface area contributed by atoms with Crippen LogP contribution in [0.25, 0.3) is 0 Å². The first-order valence-corrected chi connectivity index (χ1v) is 11.3. The Labute approximate surface area is 194 Å². The van der Waals surface area contributed by atoms with E-state index in [1.807, 2.05) is 37.3 Å². The number of amides is 1. The Kier molecular flexibility index (Phi) is 6.50. The number of nitrogens with zero attached hydrogens (tertiary/aromatic N) is 4. The van der Waals surface area contributed by atoms with E-state index in [4.69, 9.17) is 27.9 Å². The fraction of sp³-hybridized carbons (Fsp3) is 0.286. The Balaban J connectivity index is 1.43. The zero-order chi connectivity index (χ0) is 22.0. The summed E-state index contributed by atoms with van der Waals surface area (Å²) in [6.07, 6.45) is 0. The molecule has 1 fully saturated rings. The van der Waals surface area contributed by atoms with E-state index >= 15 is 0 Å². The number of hydrogen-bond donors (Lipinski definition) is 1. The fourth-order valence-corrected chi connectivity index (χ4v) is 4.79. The molecule has 31 heavy (non-hydrogen) atoms. The number of carbonyl (C=O) groups is 1. The lowest BCUT2D eigenvalue weighted by Crippen LogP contribution is -2.49. The molecule has 0 radical (unpaired) electrons. The summed E-state index contributed by atoms with van der Waals surface area (Å²) in [6.45, 7) is 4.31. The minimum atomic E-state index is -0.0974. The van der Waals surface area contributed by atoms with Gasteiger partial charge in [-0.1, -0.05) is 23.2 Å². The number of ether oxygens (including phenoxy) is 1. The van der Waals surface area contributed by atoms with Crippen LogP contribution in [-0.4, -0.2) is 54.1 Å². The third-order valence-corrected chi connectivity index (χ3v) is 6.43. The summed E-state index contributed by atoms with van der Waals surface area (Å²) in [5.74, 6) is 2.05. The van der Waals surface area contributed by atoms with Crippen LogP contribution in [-0.2, 0) is 0 Å². The number of rotatable bonds is 5. The predicted molar refractivity (Wildman–Crippen MR) is 126 cm³/mol. The van der Waals surface area contributed by atoms with Crippen LogP contribution in [0.2, 0.25) is 8.67 Å². The van der Waals surface area contributed by atoms with Crippen molar-refractivity contribution in [2.24, 2.45) is 0 Å². The first-order chi connectivity index (χ1) is 14.9. The van der Waals surface area contributed by atoms with Gasteiger partial charge in [0.05, 0.1) is 17.0 Å². The third-order valence-electron chi connectivity index (χ3n) is 4.94. The standard InChI is InChI=1S/C21H21Cl2N5O2S/c1-13-11-18(25-14-3-5-15(30-2)6-4-14)26-21(24-13)28-9-7-27(8-10-28)20(29)16-12-17(22)31-19(16)23/h3-6,11-12H,7-10H2,1-2H3,(H,24,25,26). The van der Waals surface area contributed by atoms with Gasteiger partial charge < -0.3 is 19.9 Å². The number of methoxy groups -OCH3 is 1. The maximum absolute atomic E-state index is 12.8. The van der Waals surface area contributed by atoms with Crippen LogP contribution in [0.4, 0.5) is 17.5 Å². The SMILES string of the molecule is COc1ccc(Nc2cc(C)nc(N3CCN(C(=O)c4cc(Cl)sc4Cl)CC3)n2)cc1. The van der Waals surface area contributed by atoms with Crippen molar-refractivity contribution in [3.8, 4) is 5.75 Å². The molecule has 10 heteroatoms. The highest BCUT2D eigenvalue weighted by Gasteiger charge is 2.26. The normalized spacial score (nSPS) is 13.9. The molecule has 0 aliphatic carbocycles. The van der Waals surface area contributed by atoms with Crippen molar-refractivity contribution in [1.82, 2.24) is 14.9 Å². The highest BCUT2D eigenvalue weighted by molar-refractivity contribution is 7.20. The maximum Gasteiger partial charge on any atom is 0.256 e. The molecule has 3 heterocycles. The molecular weight excluding hydrogens is 457 g/mol. The van der Waals surface area contributed by atoms with Gasteiger partial charge in [-0.25, -0.2) is 4.98 Å². The highest BCUT2D eigenvalue weighted by atomic mass is 35.5. The van der Waals surface area contributed by atoms with Gasteiger partial charge >= 0.3 is 0 Å². The molecule has 162 valence electrons. The summed E-state index contributed by atoms with van der Waals surface area (Å²) in [6, 6.07) is 11.2. The van der Waals surface area contributed by atoms with Crippen LogP contribution in [0, 0.1) is 6.92 Å². The van der Waals surface area contributed by atoms with Crippen molar-refractivity contribution in [3.63, 3.8) is 0 Å². The number of aryl methyl sites for hydroxylation is 1. The first-order valence-electron chi connectivity index (χ1n) is 9.69. The number of piperazine rings is 1. The zero-order valence-electron chi connectivity index (χ0n) is 17.1. The van der Waals surface area contributed by atoms with Crippen LogP contribution >= 0.6 is 34.5 Å². The predicted octanol–water partition coefficient (Wildman–Crippen LogP) is 4.87. The van der Waals surface area contributed by atoms with Crippen molar-refractivity contribution in [2.45, 2.75) is 6.92 Å². The molecule has 0 atom stereocenters. The zero-order valence-corrected chi connectivity index (χ0v) is 19.4. The molecular formula is C21H21Cl2N5O2S. The summed E-state index contributed by atoms with van der Waals surface area (Å²) >= 11 is 13.3. The van der Waals surface area contributed by atoms with Crippen molar-refractivity contribution >= 4 is 57.9 Å². The molecule has 4 rings (SSSR count). The highest BCUT2D eigenvalue weighted by Crippen LogP contribution is 2.32. The van der Waals surface area contributed by atoms with Crippen LogP contribution in [0.15, 0.2) is 36.4 Å². The monoisotopic (exact) mass is 477 g/mol. The number of anilines is 3. The van der Waals surface area contributed by atoms with Gasteiger partial charge in [-0.2, -0.15) is 4.98 Å². The van der Waals surface area contributed by atoms with Crippen LogP contribution in [0.1, 0.15) is 16.1 Å². The number of aromatic nitrogens is 2. The molecule has 1 N–H and O–H groups in total. The smallest absolute Gasteiger partial charge is 0.256 e. The van der Waals surface area contributed by atoms with E-state index in [-0.39, 0.29) is 5.91 Å². The molecule has 1 amide bonds. The van der Waals surface area contributed by atoms with E-state index in [9.17, 15) is 4.79 Å². The molecule has 0 unspecified atom stereocenters. The Morgan fingerprint density at radius 1 is 1.10 bits per heavy atom. The maximum atomic E-state index is 12.8. The van der Waals surface area contributed by atoms with E-state index in [0.29, 0.717) is 52.2 Å². The lowest BCUT2D eigenvalue weighted by Gasteiger charge is -2.34. The Bertz CT molecular complexity index is 1080. The summed E-state index contributed by atoms with van der Waals surface area (Å²) < 4.78 is 6.13. The van der Waals surface area contributed by atoms with Crippen molar-refractivity contribution < 1.29 is 9.53 Å². The van der Waals surface area contributed by atoms with Crippen LogP contribution in [0.5, 0.6) is 5.75 Å². The van der Waals surface area contributed by atoms with Gasteiger partial charge in [-0.3, -0.25) is 4.79 Å². The Morgan fingerprint density at radius 3 is 2.42 bits per heavy atom. The number of benzene rings is 1. The van der Waals surface area contributed by atoms with Crippen molar-refractivity contribution in [2.75, 3.05) is 43.5 Å². The summed E-state index contributed by atoms with van der Waals surface area (Å²) in [7, 11) is 1.64. The molecule has 0 saturated carbocycles. The molecule has 0 bridgehead atoms. The van der Waals surface area contributed by atoms with E-state index in [0.717, 1.165) is 17.1 Å². The molecule has 1 saturated heterocycles. The second kappa shape index (κ2) is 9.30. The van der Waals surface area contributed by atoms with Gasteiger partial charge in [0.2, 0.25) is 5.95 Å². The number of halogens is 2. The fourth-order valence-electron chi connectivity index (χ4n) is 3.35. The van der Waals surface area contributed by atoms with Crippen molar-refractivity contribution in [3.05, 3.63) is 56.3 Å². The number of hydrogen-bond acceptors (Lipinski definition) is 7. The molecule has 2 aromatic heterocycles. The lowest BCUT2D eigenvalue weighted by molar-refractivity contribution is 0.0747. The topological polar surface area (TPSA) is 70.6 Å². The first kappa shape index (κ1) is 21.7. The molecule has 3 aromatic rings. The van der Waals surface area contributed by atoms with Gasteiger partial charge in [0, 0.05) is 43.6 Å². The minimum Gasteiger partial charge on any atom is -0.497 e. The summed E-state index contributed by atoms with van der Waals surface area (Å²) in [5.41, 5.74) is 2.23. The Hall–Kier alpha value is -2.55. The molecule has 0 spiro atoms. The van der Waals surface area contributed by atoms with Gasteiger partial charge in [0.25, 0.3) is 5.91 Å². The average molecular weight is 478 g/mol. The minimum absolute atomic E-state index is 0.0974. The third kappa shape index (κ3) is 5.03. The number of carbonyl (C=O) groups excluding carboxylic acids is 1. The van der Waals surface area contributed by atoms with Crippen molar-refractivity contribution in [1.29, 1.82) is 0 Å². The quantitative estimate of drug-likeness (QED) is 0.565. The molecule has 1 aliphatic heterocycles. The van der Waals surface area contributed by atoms with Gasteiger partial charge in [0.1, 0.15) is 15.9 Å². The van der Waals surface area contributed by atoms with E-state index in [1.54, 1.807) is 18.1 Å². The van der Waals surface area contributed by atoms with Gasteiger partial charge in [0.15, 0.2) is 0 Å². The van der Waals surface area contributed by atoms with E-state index < -0.39 is 0 Å². The lowest BCUT2D eigenvalue weighted by atomic mass is 10.2. The molecule has 1 aliphatic rings. The van der Waals surface area contributed by atoms with Gasteiger partial charge in [-0.05, 0) is 37.3 Å². The average Bonchev–Trinajstić information content (AvgIpc) is 3.11. The Morgan fingerprint density at radius 2 is 1.81 bits per heavy atom. The van der Waals surface area contributed by atoms with Gasteiger partial charge in [-0.15, -0.1) is 11.3 Å².